The number of halogens is 5. The van der Waals surface area contributed by atoms with Crippen molar-refractivity contribution < 1.29 is 4.39 Å². The Labute approximate surface area is 128 Å². The molecule has 0 amide bonds. The van der Waals surface area contributed by atoms with Gasteiger partial charge in [-0.15, -0.1) is 0 Å². The molecule has 0 saturated carbocycles. The van der Waals surface area contributed by atoms with Crippen molar-refractivity contribution in [3.63, 3.8) is 0 Å². The number of hydrogen-bond donors (Lipinski definition) is 0. The molecule has 5 heteroatoms. The second kappa shape index (κ2) is 5.79. The molecule has 2 aromatic carbocycles. The zero-order valence-corrected chi connectivity index (χ0v) is 12.8. The molecule has 0 unspecified atom stereocenters. The highest BCUT2D eigenvalue weighted by atomic mass is 79.9. The molecule has 0 radical (unpaired) electrons. The highest BCUT2D eigenvalue weighted by molar-refractivity contribution is 9.08. The first-order chi connectivity index (χ1) is 8.56. The monoisotopic (exact) mass is 366 g/mol. The average Bonchev–Trinajstić information content (AvgIpc) is 2.35. The van der Waals surface area contributed by atoms with E-state index >= 15 is 0 Å². The van der Waals surface area contributed by atoms with Crippen LogP contribution < -0.4 is 0 Å². The van der Waals surface area contributed by atoms with Gasteiger partial charge in [-0.05, 0) is 23.8 Å². The molecule has 0 heterocycles. The molecule has 0 aliphatic carbocycles. The van der Waals surface area contributed by atoms with E-state index < -0.39 is 0 Å². The van der Waals surface area contributed by atoms with E-state index in [1.54, 1.807) is 24.3 Å². The lowest BCUT2D eigenvalue weighted by atomic mass is 10.00. The van der Waals surface area contributed by atoms with Crippen LogP contribution in [0.1, 0.15) is 5.56 Å². The fraction of sp³-hybridized carbons (Fsp3) is 0.0769. The van der Waals surface area contributed by atoms with E-state index in [-0.39, 0.29) is 5.82 Å². The SMILES string of the molecule is Fc1cccc(-c2c(Cl)ccc(Cl)c2Cl)c1CBr. The smallest absolute Gasteiger partial charge is 0.127 e. The van der Waals surface area contributed by atoms with Gasteiger partial charge in [0.1, 0.15) is 5.82 Å². The standard InChI is InChI=1S/C13H7BrCl3F/c14-6-8-7(2-1-3-11(8)18)12-9(15)4-5-10(16)13(12)17/h1-5H,6H2. The lowest BCUT2D eigenvalue weighted by Gasteiger charge is -2.13. The second-order valence-corrected chi connectivity index (χ2v) is 5.37. The lowest BCUT2D eigenvalue weighted by molar-refractivity contribution is 0.618. The Bertz CT molecular complexity index is 599. The van der Waals surface area contributed by atoms with Crippen molar-refractivity contribution >= 4 is 50.7 Å². The van der Waals surface area contributed by atoms with Crippen LogP contribution in [0.25, 0.3) is 11.1 Å². The number of alkyl halides is 1. The fourth-order valence-corrected chi connectivity index (χ4v) is 3.00. The predicted molar refractivity (Wildman–Crippen MR) is 79.5 cm³/mol. The minimum atomic E-state index is -0.309. The van der Waals surface area contributed by atoms with Crippen molar-refractivity contribution in [3.05, 3.63) is 56.8 Å². The highest BCUT2D eigenvalue weighted by Gasteiger charge is 2.16. The molecule has 2 rings (SSSR count). The molecule has 0 saturated heterocycles. The Morgan fingerprint density at radius 2 is 1.67 bits per heavy atom. The van der Waals surface area contributed by atoms with Crippen LogP contribution in [-0.2, 0) is 5.33 Å². The molecular weight excluding hydrogens is 361 g/mol. The van der Waals surface area contributed by atoms with Gasteiger partial charge < -0.3 is 0 Å². The van der Waals surface area contributed by atoms with Gasteiger partial charge >= 0.3 is 0 Å². The van der Waals surface area contributed by atoms with E-state index in [2.05, 4.69) is 15.9 Å². The van der Waals surface area contributed by atoms with Crippen LogP contribution >= 0.6 is 50.7 Å². The molecular formula is C13H7BrCl3F. The lowest BCUT2D eigenvalue weighted by Crippen LogP contribution is -1.93. The maximum atomic E-state index is 13.8. The van der Waals surface area contributed by atoms with Gasteiger partial charge in [-0.25, -0.2) is 4.39 Å². The molecule has 0 atom stereocenters. The molecule has 0 aromatic heterocycles. The summed E-state index contributed by atoms with van der Waals surface area (Å²) in [5.41, 5.74) is 1.70. The van der Waals surface area contributed by atoms with Gasteiger partial charge in [0, 0.05) is 16.5 Å². The zero-order valence-electron chi connectivity index (χ0n) is 8.98. The molecule has 0 nitrogen and oxygen atoms in total. The van der Waals surface area contributed by atoms with Crippen LogP contribution in [0.3, 0.4) is 0 Å². The third-order valence-corrected chi connectivity index (χ3v) is 4.25. The summed E-state index contributed by atoms with van der Waals surface area (Å²) in [7, 11) is 0. The molecule has 0 spiro atoms. The predicted octanol–water partition coefficient (Wildman–Crippen LogP) is 6.35. The highest BCUT2D eigenvalue weighted by Crippen LogP contribution is 2.41. The third kappa shape index (κ3) is 2.53. The first-order valence-electron chi connectivity index (χ1n) is 5.03. The van der Waals surface area contributed by atoms with Crippen LogP contribution in [0.15, 0.2) is 30.3 Å². The van der Waals surface area contributed by atoms with Gasteiger partial charge in [0.05, 0.1) is 15.1 Å². The van der Waals surface area contributed by atoms with Crippen molar-refractivity contribution in [2.75, 3.05) is 0 Å². The van der Waals surface area contributed by atoms with Crippen LogP contribution in [0, 0.1) is 5.82 Å². The topological polar surface area (TPSA) is 0 Å². The first-order valence-corrected chi connectivity index (χ1v) is 7.29. The molecule has 0 bridgehead atoms. The van der Waals surface area contributed by atoms with Crippen LogP contribution in [0.5, 0.6) is 0 Å². The largest absolute Gasteiger partial charge is 0.207 e. The molecule has 0 aliphatic heterocycles. The molecule has 0 fully saturated rings. The van der Waals surface area contributed by atoms with Gasteiger partial charge in [0.15, 0.2) is 0 Å². The van der Waals surface area contributed by atoms with Crippen LogP contribution in [0.2, 0.25) is 15.1 Å². The molecule has 18 heavy (non-hydrogen) atoms. The summed E-state index contributed by atoms with van der Waals surface area (Å²) in [6.07, 6.45) is 0. The van der Waals surface area contributed by atoms with Crippen LogP contribution in [-0.4, -0.2) is 0 Å². The van der Waals surface area contributed by atoms with Gasteiger partial charge in [-0.2, -0.15) is 0 Å². The minimum Gasteiger partial charge on any atom is -0.207 e. The van der Waals surface area contributed by atoms with Crippen molar-refractivity contribution in [3.8, 4) is 11.1 Å². The van der Waals surface area contributed by atoms with Crippen molar-refractivity contribution in [2.45, 2.75) is 5.33 Å². The normalized spacial score (nSPS) is 10.7. The maximum Gasteiger partial charge on any atom is 0.127 e. The Morgan fingerprint density at radius 1 is 1.00 bits per heavy atom. The average molecular weight is 368 g/mol. The van der Waals surface area contributed by atoms with E-state index in [9.17, 15) is 4.39 Å². The van der Waals surface area contributed by atoms with Gasteiger partial charge in [0.25, 0.3) is 0 Å². The van der Waals surface area contributed by atoms with Crippen molar-refractivity contribution in [1.82, 2.24) is 0 Å². The molecule has 94 valence electrons. The van der Waals surface area contributed by atoms with E-state index in [4.69, 9.17) is 34.8 Å². The first kappa shape index (κ1) is 14.1. The van der Waals surface area contributed by atoms with E-state index in [0.717, 1.165) is 0 Å². The maximum absolute atomic E-state index is 13.8. The van der Waals surface area contributed by atoms with E-state index in [1.165, 1.54) is 6.07 Å². The summed E-state index contributed by atoms with van der Waals surface area (Å²) >= 11 is 21.5. The van der Waals surface area contributed by atoms with Gasteiger partial charge in [-0.3, -0.25) is 0 Å². The Hall–Kier alpha value is -0.280. The summed E-state index contributed by atoms with van der Waals surface area (Å²) in [5, 5.41) is 1.53. The molecule has 2 aromatic rings. The van der Waals surface area contributed by atoms with E-state index in [1.807, 2.05) is 0 Å². The third-order valence-electron chi connectivity index (χ3n) is 2.57. The Kier molecular flexibility index (Phi) is 4.54. The fourth-order valence-electron chi connectivity index (χ4n) is 1.70. The number of hydrogen-bond acceptors (Lipinski definition) is 0. The molecule has 0 N–H and O–H groups in total. The minimum absolute atomic E-state index is 0.309. The Morgan fingerprint density at radius 3 is 2.33 bits per heavy atom. The van der Waals surface area contributed by atoms with Gasteiger partial charge in [0.2, 0.25) is 0 Å². The second-order valence-electron chi connectivity index (χ2n) is 3.62. The van der Waals surface area contributed by atoms with Gasteiger partial charge in [-0.1, -0.05) is 62.9 Å². The van der Waals surface area contributed by atoms with Crippen molar-refractivity contribution in [1.29, 1.82) is 0 Å². The van der Waals surface area contributed by atoms with Crippen molar-refractivity contribution in [2.24, 2.45) is 0 Å². The summed E-state index contributed by atoms with van der Waals surface area (Å²) in [5.74, 6) is -0.309. The summed E-state index contributed by atoms with van der Waals surface area (Å²) in [6.45, 7) is 0. The summed E-state index contributed by atoms with van der Waals surface area (Å²) in [6, 6.07) is 8.04. The summed E-state index contributed by atoms with van der Waals surface area (Å²) < 4.78 is 13.8. The van der Waals surface area contributed by atoms with E-state index in [0.29, 0.717) is 37.1 Å². The van der Waals surface area contributed by atoms with Crippen LogP contribution in [0.4, 0.5) is 4.39 Å². The quantitative estimate of drug-likeness (QED) is 0.428. The summed E-state index contributed by atoms with van der Waals surface area (Å²) in [4.78, 5) is 0. The molecule has 0 aliphatic rings. The zero-order chi connectivity index (χ0) is 13.3. The number of rotatable bonds is 2. The number of benzene rings is 2. The Balaban J connectivity index is 2.77.